The Labute approximate surface area is 87.7 Å². The van der Waals surface area contributed by atoms with Gasteiger partial charge in [-0.1, -0.05) is 22.0 Å². The number of hydrogen-bond donors (Lipinski definition) is 1. The molecule has 0 aliphatic carbocycles. The molecule has 0 aromatic heterocycles. The summed E-state index contributed by atoms with van der Waals surface area (Å²) < 4.78 is 25.1. The molecule has 12 heavy (non-hydrogen) atoms. The van der Waals surface area contributed by atoms with E-state index in [0.717, 1.165) is 4.47 Å². The van der Waals surface area contributed by atoms with Crippen LogP contribution in [0.15, 0.2) is 33.6 Å². The molecule has 0 atom stereocenters. The van der Waals surface area contributed by atoms with Gasteiger partial charge in [0.2, 0.25) is 10.0 Å². The fourth-order valence-electron chi connectivity index (χ4n) is 0.679. The van der Waals surface area contributed by atoms with Crippen LogP contribution in [-0.2, 0) is 10.0 Å². The summed E-state index contributed by atoms with van der Waals surface area (Å²) in [5, 5.41) is 0. The van der Waals surface area contributed by atoms with Crippen molar-refractivity contribution in [3.63, 3.8) is 0 Å². The molecular weight excluding hydrogens is 310 g/mol. The van der Waals surface area contributed by atoms with Crippen LogP contribution >= 0.6 is 32.1 Å². The highest BCUT2D eigenvalue weighted by Crippen LogP contribution is 2.15. The Morgan fingerprint density at radius 3 is 2.50 bits per heavy atom. The first-order chi connectivity index (χ1) is 5.56. The number of sulfonamides is 1. The van der Waals surface area contributed by atoms with E-state index in [4.69, 9.17) is 0 Å². The van der Waals surface area contributed by atoms with Crippen LogP contribution in [0.5, 0.6) is 0 Å². The fourth-order valence-corrected chi connectivity index (χ4v) is 2.42. The van der Waals surface area contributed by atoms with Crippen LogP contribution in [0.2, 0.25) is 0 Å². The number of benzene rings is 1. The minimum atomic E-state index is -3.38. The minimum absolute atomic E-state index is 0.216. The van der Waals surface area contributed by atoms with Crippen molar-refractivity contribution in [1.82, 2.24) is 3.75 Å². The number of hydrogen-bond acceptors (Lipinski definition) is 2. The summed E-state index contributed by atoms with van der Waals surface area (Å²) in [6, 6.07) is 6.44. The van der Waals surface area contributed by atoms with Crippen LogP contribution in [0.25, 0.3) is 0 Å². The lowest BCUT2D eigenvalue weighted by atomic mass is 10.4. The average Bonchev–Trinajstić information content (AvgIpc) is 2.05. The molecule has 0 saturated carbocycles. The van der Waals surface area contributed by atoms with Crippen LogP contribution < -0.4 is 3.75 Å². The Bertz CT molecular complexity index is 377. The minimum Gasteiger partial charge on any atom is -0.206 e. The van der Waals surface area contributed by atoms with Gasteiger partial charge in [0.05, 0.1) is 4.90 Å². The van der Waals surface area contributed by atoms with Gasteiger partial charge in [0.25, 0.3) is 0 Å². The first-order valence-electron chi connectivity index (χ1n) is 2.94. The highest BCUT2D eigenvalue weighted by Gasteiger charge is 2.11. The topological polar surface area (TPSA) is 46.2 Å². The largest absolute Gasteiger partial charge is 0.250 e. The van der Waals surface area contributed by atoms with Crippen molar-refractivity contribution in [3.05, 3.63) is 28.7 Å². The zero-order chi connectivity index (χ0) is 9.19. The Morgan fingerprint density at radius 2 is 2.00 bits per heavy atom. The first-order valence-corrected chi connectivity index (χ1v) is 6.01. The lowest BCUT2D eigenvalue weighted by Crippen LogP contribution is -2.12. The van der Waals surface area contributed by atoms with Crippen LogP contribution in [0, 0.1) is 0 Å². The second kappa shape index (κ2) is 3.87. The molecule has 0 saturated heterocycles. The fraction of sp³-hybridized carbons (Fsp3) is 0. The summed E-state index contributed by atoms with van der Waals surface area (Å²) in [6.07, 6.45) is 0. The molecule has 1 N–H and O–H groups in total. The van der Waals surface area contributed by atoms with Crippen molar-refractivity contribution < 1.29 is 8.42 Å². The van der Waals surface area contributed by atoms with E-state index in [-0.39, 0.29) is 4.90 Å². The van der Waals surface area contributed by atoms with Crippen molar-refractivity contribution in [1.29, 1.82) is 0 Å². The first kappa shape index (κ1) is 10.2. The van der Waals surface area contributed by atoms with Crippen LogP contribution in [0.3, 0.4) is 0 Å². The van der Waals surface area contributed by atoms with E-state index in [1.807, 2.05) is 3.75 Å². The van der Waals surface area contributed by atoms with Gasteiger partial charge in [-0.15, -0.1) is 3.75 Å². The van der Waals surface area contributed by atoms with E-state index < -0.39 is 10.0 Å². The predicted octanol–water partition coefficient (Wildman–Crippen LogP) is 2.04. The number of nitrogens with one attached hydrogen (secondary N) is 1. The van der Waals surface area contributed by atoms with Crippen molar-refractivity contribution in [3.8, 4) is 0 Å². The zero-order valence-electron chi connectivity index (χ0n) is 5.79. The molecule has 3 nitrogen and oxygen atoms in total. The van der Waals surface area contributed by atoms with Crippen molar-refractivity contribution in [2.24, 2.45) is 0 Å². The maximum Gasteiger partial charge on any atom is 0.250 e. The van der Waals surface area contributed by atoms with Crippen molar-refractivity contribution in [2.75, 3.05) is 0 Å². The molecule has 0 heterocycles. The van der Waals surface area contributed by atoms with Crippen LogP contribution in [0.4, 0.5) is 0 Å². The highest BCUT2D eigenvalue weighted by atomic mass is 79.9. The lowest BCUT2D eigenvalue weighted by Gasteiger charge is -2.00. The standard InChI is InChI=1S/C6H5Br2NO2S/c7-5-2-1-3-6(4-5)12(10,11)9-8/h1-4,9H. The van der Waals surface area contributed by atoms with E-state index in [9.17, 15) is 8.42 Å². The molecule has 0 spiro atoms. The van der Waals surface area contributed by atoms with Gasteiger partial charge < -0.3 is 0 Å². The van der Waals surface area contributed by atoms with Gasteiger partial charge in [0.1, 0.15) is 0 Å². The van der Waals surface area contributed by atoms with Crippen LogP contribution in [0.1, 0.15) is 0 Å². The van der Waals surface area contributed by atoms with E-state index in [1.54, 1.807) is 12.1 Å². The molecule has 1 aromatic carbocycles. The second-order valence-electron chi connectivity index (χ2n) is 2.04. The smallest absolute Gasteiger partial charge is 0.206 e. The maximum absolute atomic E-state index is 11.2. The SMILES string of the molecule is O=S(=O)(NBr)c1cccc(Br)c1. The Hall–Kier alpha value is 0.0900. The second-order valence-corrected chi connectivity index (χ2v) is 5.56. The van der Waals surface area contributed by atoms with Gasteiger partial charge >= 0.3 is 0 Å². The van der Waals surface area contributed by atoms with Gasteiger partial charge in [-0.2, -0.15) is 0 Å². The number of halogens is 2. The van der Waals surface area contributed by atoms with Crippen molar-refractivity contribution in [2.45, 2.75) is 4.90 Å². The summed E-state index contributed by atoms with van der Waals surface area (Å²) in [7, 11) is -3.38. The van der Waals surface area contributed by atoms with E-state index >= 15 is 0 Å². The summed E-state index contributed by atoms with van der Waals surface area (Å²) in [6.45, 7) is 0. The normalized spacial score (nSPS) is 11.5. The van der Waals surface area contributed by atoms with Gasteiger partial charge in [-0.05, 0) is 18.2 Å². The zero-order valence-corrected chi connectivity index (χ0v) is 9.78. The maximum atomic E-state index is 11.2. The molecule has 0 amide bonds. The van der Waals surface area contributed by atoms with Gasteiger partial charge in [0, 0.05) is 20.6 Å². The van der Waals surface area contributed by atoms with Gasteiger partial charge in [0.15, 0.2) is 0 Å². The Kier molecular flexibility index (Phi) is 3.28. The van der Waals surface area contributed by atoms with E-state index in [2.05, 4.69) is 32.1 Å². The summed E-state index contributed by atoms with van der Waals surface area (Å²) >= 11 is 5.86. The monoisotopic (exact) mass is 313 g/mol. The summed E-state index contributed by atoms with van der Waals surface area (Å²) in [5.74, 6) is 0. The third kappa shape index (κ3) is 2.29. The Morgan fingerprint density at radius 1 is 1.33 bits per heavy atom. The van der Waals surface area contributed by atoms with Crippen molar-refractivity contribution >= 4 is 42.1 Å². The number of rotatable bonds is 2. The Balaban J connectivity index is 3.21. The molecule has 6 heteroatoms. The molecule has 0 bridgehead atoms. The molecular formula is C6H5Br2NO2S. The molecule has 1 rings (SSSR count). The quantitative estimate of drug-likeness (QED) is 0.849. The molecule has 66 valence electrons. The molecule has 0 fully saturated rings. The van der Waals surface area contributed by atoms with Gasteiger partial charge in [-0.25, -0.2) is 8.42 Å². The third-order valence-corrected chi connectivity index (χ3v) is 4.06. The van der Waals surface area contributed by atoms with E-state index in [0.29, 0.717) is 0 Å². The summed E-state index contributed by atoms with van der Waals surface area (Å²) in [4.78, 5) is 0.216. The lowest BCUT2D eigenvalue weighted by molar-refractivity contribution is 0.595. The molecule has 0 aliphatic rings. The molecule has 0 aliphatic heterocycles. The van der Waals surface area contributed by atoms with Crippen LogP contribution in [-0.4, -0.2) is 8.42 Å². The molecule has 0 radical (unpaired) electrons. The average molecular weight is 315 g/mol. The van der Waals surface area contributed by atoms with E-state index in [1.165, 1.54) is 12.1 Å². The highest BCUT2D eigenvalue weighted by molar-refractivity contribution is 9.10. The summed E-state index contributed by atoms with van der Waals surface area (Å²) in [5.41, 5.74) is 0. The van der Waals surface area contributed by atoms with Gasteiger partial charge in [-0.3, -0.25) is 0 Å². The predicted molar refractivity (Wildman–Crippen MR) is 53.4 cm³/mol. The molecule has 1 aromatic rings. The third-order valence-electron chi connectivity index (χ3n) is 1.21. The molecule has 0 unspecified atom stereocenters.